The Morgan fingerprint density at radius 3 is 1.24 bits per heavy atom. The van der Waals surface area contributed by atoms with Gasteiger partial charge in [0.15, 0.2) is 0 Å². The van der Waals surface area contributed by atoms with Crippen molar-refractivity contribution in [2.24, 2.45) is 0 Å². The summed E-state index contributed by atoms with van der Waals surface area (Å²) in [5.41, 5.74) is 10.4. The third-order valence-electron chi connectivity index (χ3n) is 17.5. The molecule has 0 atom stereocenters. The zero-order chi connectivity index (χ0) is 50.1. The molecule has 3 N–H and O–H groups in total. The third-order valence-corrected chi connectivity index (χ3v) is 20.0. The molecular weight excluding hydrogens is 836 g/mol. The molecule has 6 rings (SSSR count). The molecule has 0 saturated carbocycles. The standard InChI is InChI=1S/C63H87O3P/c1-20-58(8,9)45-33-43-35-51(60(12,13)22-3)50(39-48(43)52(37-45)61(14,15)23-4)47-27-26-28-55(57(47)42-31-29-41(7)30-32-42)67(64,65,66)56-40-49-44(36-54(56)63(18,19)25-6)34-46(59(10,11)21-2)38-53(49)62(16,17)24-5/h26-40,64-66H,20-25H2,1-19H3. The minimum atomic E-state index is -6.03. The van der Waals surface area contributed by atoms with Crippen LogP contribution in [0, 0.1) is 6.92 Å². The van der Waals surface area contributed by atoms with E-state index in [0.29, 0.717) is 5.56 Å². The first-order valence-electron chi connectivity index (χ1n) is 25.6. The van der Waals surface area contributed by atoms with Gasteiger partial charge in [-0.2, -0.15) is 0 Å². The van der Waals surface area contributed by atoms with Crippen LogP contribution in [0.3, 0.4) is 0 Å². The summed E-state index contributed by atoms with van der Waals surface area (Å²) in [5, 5.41) is 4.83. The average molecular weight is 923 g/mol. The van der Waals surface area contributed by atoms with Gasteiger partial charge in [0, 0.05) is 0 Å². The average Bonchev–Trinajstić information content (AvgIpc) is 3.29. The maximum absolute atomic E-state index is 13.7. The summed E-state index contributed by atoms with van der Waals surface area (Å²) in [5.74, 6) is 0. The molecule has 362 valence electrons. The molecule has 0 spiro atoms. The Kier molecular flexibility index (Phi) is 14.0. The zero-order valence-corrected chi connectivity index (χ0v) is 46.1. The van der Waals surface area contributed by atoms with Gasteiger partial charge >= 0.3 is 409 Å². The van der Waals surface area contributed by atoms with Crippen LogP contribution in [0.4, 0.5) is 0 Å². The van der Waals surface area contributed by atoms with E-state index in [1.165, 1.54) is 33.0 Å². The first-order chi connectivity index (χ1) is 30.8. The van der Waals surface area contributed by atoms with Crippen LogP contribution in [-0.2, 0) is 32.5 Å². The predicted octanol–water partition coefficient (Wildman–Crippen LogP) is 17.0. The summed E-state index contributed by atoms with van der Waals surface area (Å²) < 4.78 is 0. The van der Waals surface area contributed by atoms with Crippen LogP contribution in [-0.4, -0.2) is 14.7 Å². The molecule has 0 fully saturated rings. The SMILES string of the molecule is CCC(C)(C)c1cc(C(C)(C)CC)c2cc(-c3cccc(P(O)(O)(O)c4cc5c(C(C)(C)CC)cc(C(C)(C)CC)cc5cc4C(C)(C)CC)c3-c3ccc(C)cc3)c(C(C)(C)CC)cc2c1. The Balaban J connectivity index is 1.84. The first-order valence-corrected chi connectivity index (χ1v) is 27.7. The molecule has 0 aliphatic carbocycles. The molecule has 0 heterocycles. The summed E-state index contributed by atoms with van der Waals surface area (Å²) in [6.07, 6.45) is 5.52. The van der Waals surface area contributed by atoms with E-state index in [0.717, 1.165) is 82.7 Å². The second kappa shape index (κ2) is 17.8. The first kappa shape index (κ1) is 52.5. The number of hydrogen-bond donors (Lipinski definition) is 3. The molecule has 3 nitrogen and oxygen atoms in total. The van der Waals surface area contributed by atoms with Crippen molar-refractivity contribution in [3.05, 3.63) is 130 Å². The Bertz CT molecular complexity index is 2800. The molecule has 67 heavy (non-hydrogen) atoms. The van der Waals surface area contributed by atoms with Gasteiger partial charge in [0.05, 0.1) is 0 Å². The molecule has 0 saturated heterocycles. The van der Waals surface area contributed by atoms with E-state index in [4.69, 9.17) is 0 Å². The van der Waals surface area contributed by atoms with Crippen molar-refractivity contribution in [2.45, 2.75) is 203 Å². The zero-order valence-electron chi connectivity index (χ0n) is 45.2. The maximum atomic E-state index is 13.7. The Hall–Kier alpha value is -3.85. The number of fused-ring (bicyclic) bond motifs is 2. The van der Waals surface area contributed by atoms with E-state index in [1.807, 2.05) is 12.1 Å². The van der Waals surface area contributed by atoms with Gasteiger partial charge in [0.1, 0.15) is 0 Å². The van der Waals surface area contributed by atoms with Crippen molar-refractivity contribution in [1.82, 2.24) is 0 Å². The van der Waals surface area contributed by atoms with Crippen molar-refractivity contribution < 1.29 is 14.7 Å². The van der Waals surface area contributed by atoms with Gasteiger partial charge in [-0.25, -0.2) is 0 Å². The van der Waals surface area contributed by atoms with Crippen molar-refractivity contribution in [1.29, 1.82) is 0 Å². The molecule has 0 bridgehead atoms. The van der Waals surface area contributed by atoms with Crippen LogP contribution in [0.5, 0.6) is 0 Å². The van der Waals surface area contributed by atoms with Gasteiger partial charge in [0.25, 0.3) is 0 Å². The molecule has 6 aromatic rings. The summed E-state index contributed by atoms with van der Waals surface area (Å²) in [4.78, 5) is 41.0. The van der Waals surface area contributed by atoms with Gasteiger partial charge < -0.3 is 0 Å². The van der Waals surface area contributed by atoms with Gasteiger partial charge in [-0.15, -0.1) is 0 Å². The topological polar surface area (TPSA) is 60.7 Å². The molecule has 0 aliphatic rings. The van der Waals surface area contributed by atoms with Gasteiger partial charge in [0.2, 0.25) is 0 Å². The summed E-state index contributed by atoms with van der Waals surface area (Å²) in [7, 11) is -6.03. The second-order valence-corrected chi connectivity index (χ2v) is 27.2. The summed E-state index contributed by atoms with van der Waals surface area (Å²) in [6.45, 7) is 43.1. The summed E-state index contributed by atoms with van der Waals surface area (Å²) in [6, 6.07) is 32.7. The molecule has 0 unspecified atom stereocenters. The molecule has 0 aromatic heterocycles. The van der Waals surface area contributed by atoms with Crippen molar-refractivity contribution in [3.63, 3.8) is 0 Å². The van der Waals surface area contributed by atoms with Crippen molar-refractivity contribution >= 4 is 39.4 Å². The van der Waals surface area contributed by atoms with Crippen LogP contribution < -0.4 is 10.6 Å². The van der Waals surface area contributed by atoms with Crippen LogP contribution in [0.25, 0.3) is 43.8 Å². The number of hydrogen-bond acceptors (Lipinski definition) is 3. The Morgan fingerprint density at radius 1 is 0.388 bits per heavy atom. The van der Waals surface area contributed by atoms with E-state index in [1.54, 1.807) is 6.07 Å². The minimum absolute atomic E-state index is 0.000407. The van der Waals surface area contributed by atoms with E-state index in [2.05, 4.69) is 204 Å². The van der Waals surface area contributed by atoms with Crippen LogP contribution in [0.15, 0.2) is 91.0 Å². The number of aryl methyl sites for hydroxylation is 1. The molecule has 0 radical (unpaired) electrons. The summed E-state index contributed by atoms with van der Waals surface area (Å²) >= 11 is 0. The van der Waals surface area contributed by atoms with Gasteiger partial charge in [-0.3, -0.25) is 0 Å². The van der Waals surface area contributed by atoms with Crippen molar-refractivity contribution in [2.75, 3.05) is 0 Å². The van der Waals surface area contributed by atoms with Crippen molar-refractivity contribution in [3.8, 4) is 22.3 Å². The Morgan fingerprint density at radius 2 is 0.791 bits per heavy atom. The van der Waals surface area contributed by atoms with Gasteiger partial charge in [-0.1, -0.05) is 0 Å². The third kappa shape index (κ3) is 9.46. The van der Waals surface area contributed by atoms with E-state index >= 15 is 0 Å². The Labute approximate surface area is 407 Å². The fraction of sp³-hybridized carbons (Fsp3) is 0.492. The monoisotopic (exact) mass is 923 g/mol. The number of rotatable bonds is 16. The second-order valence-electron chi connectivity index (χ2n) is 24.2. The molecule has 6 aromatic carbocycles. The predicted molar refractivity (Wildman–Crippen MR) is 296 cm³/mol. The van der Waals surface area contributed by atoms with Crippen LogP contribution >= 0.6 is 7.28 Å². The quantitative estimate of drug-likeness (QED) is 0.0848. The fourth-order valence-electron chi connectivity index (χ4n) is 9.81. The van der Waals surface area contributed by atoms with E-state index in [9.17, 15) is 14.7 Å². The molecule has 0 amide bonds. The van der Waals surface area contributed by atoms with Crippen LogP contribution in [0.1, 0.15) is 202 Å². The fourth-order valence-corrected chi connectivity index (χ4v) is 12.3. The normalized spacial score (nSPS) is 14.2. The molecule has 4 heteroatoms. The molecule has 0 aliphatic heterocycles. The molecular formula is C63H87O3P. The van der Waals surface area contributed by atoms with E-state index < -0.39 is 12.7 Å². The number of benzene rings is 6. The van der Waals surface area contributed by atoms with E-state index in [-0.39, 0.29) is 37.7 Å². The van der Waals surface area contributed by atoms with Gasteiger partial charge in [-0.05, 0) is 0 Å². The van der Waals surface area contributed by atoms with Crippen LogP contribution in [0.2, 0.25) is 0 Å².